The molecule has 0 saturated carbocycles. The summed E-state index contributed by atoms with van der Waals surface area (Å²) in [4.78, 5) is 14.2. The second kappa shape index (κ2) is 7.09. The summed E-state index contributed by atoms with van der Waals surface area (Å²) in [5, 5.41) is 3.17. The van der Waals surface area contributed by atoms with Crippen molar-refractivity contribution in [2.45, 2.75) is 19.4 Å². The number of likely N-dealkylation sites (tertiary alicyclic amines) is 1. The Kier molecular flexibility index (Phi) is 5.43. The van der Waals surface area contributed by atoms with Gasteiger partial charge in [0.2, 0.25) is 0 Å². The van der Waals surface area contributed by atoms with E-state index < -0.39 is 6.10 Å². The van der Waals surface area contributed by atoms with Crippen molar-refractivity contribution >= 4 is 21.8 Å². The SMILES string of the molecule is CNC[C@H]1CCN(C(=O)[C@H](C)Oc2ccc(Br)cc2)C1. The number of amides is 1. The first-order valence-electron chi connectivity index (χ1n) is 6.95. The van der Waals surface area contributed by atoms with Gasteiger partial charge in [-0.1, -0.05) is 15.9 Å². The molecule has 20 heavy (non-hydrogen) atoms. The zero-order valence-electron chi connectivity index (χ0n) is 11.9. The van der Waals surface area contributed by atoms with Gasteiger partial charge in [0.1, 0.15) is 5.75 Å². The van der Waals surface area contributed by atoms with E-state index in [0.29, 0.717) is 5.92 Å². The number of benzene rings is 1. The Morgan fingerprint density at radius 1 is 1.50 bits per heavy atom. The Bertz CT molecular complexity index is 450. The highest BCUT2D eigenvalue weighted by atomic mass is 79.9. The maximum Gasteiger partial charge on any atom is 0.263 e. The maximum absolute atomic E-state index is 12.3. The molecule has 0 aliphatic carbocycles. The summed E-state index contributed by atoms with van der Waals surface area (Å²) < 4.78 is 6.71. The molecular formula is C15H21BrN2O2. The van der Waals surface area contributed by atoms with E-state index in [4.69, 9.17) is 4.74 Å². The summed E-state index contributed by atoms with van der Waals surface area (Å²) in [5.41, 5.74) is 0. The van der Waals surface area contributed by atoms with Crippen molar-refractivity contribution in [3.63, 3.8) is 0 Å². The summed E-state index contributed by atoms with van der Waals surface area (Å²) in [6.07, 6.45) is 0.627. The third-order valence-corrected chi connectivity index (χ3v) is 4.09. The van der Waals surface area contributed by atoms with Gasteiger partial charge >= 0.3 is 0 Å². The van der Waals surface area contributed by atoms with E-state index in [1.165, 1.54) is 0 Å². The van der Waals surface area contributed by atoms with Crippen LogP contribution in [0.4, 0.5) is 0 Å². The number of carbonyl (C=O) groups is 1. The van der Waals surface area contributed by atoms with Crippen molar-refractivity contribution in [2.75, 3.05) is 26.7 Å². The molecule has 1 aromatic rings. The van der Waals surface area contributed by atoms with Gasteiger partial charge < -0.3 is 15.0 Å². The highest BCUT2D eigenvalue weighted by Crippen LogP contribution is 2.20. The molecule has 0 bridgehead atoms. The number of ether oxygens (including phenoxy) is 1. The number of rotatable bonds is 5. The van der Waals surface area contributed by atoms with Gasteiger partial charge in [-0.15, -0.1) is 0 Å². The summed E-state index contributed by atoms with van der Waals surface area (Å²) in [6, 6.07) is 7.54. The van der Waals surface area contributed by atoms with Crippen LogP contribution in [0.3, 0.4) is 0 Å². The summed E-state index contributed by atoms with van der Waals surface area (Å²) in [5.74, 6) is 1.36. The van der Waals surface area contributed by atoms with E-state index in [-0.39, 0.29) is 5.91 Å². The minimum absolute atomic E-state index is 0.0755. The molecule has 2 atom stereocenters. The van der Waals surface area contributed by atoms with Crippen LogP contribution in [0.1, 0.15) is 13.3 Å². The number of hydrogen-bond donors (Lipinski definition) is 1. The lowest BCUT2D eigenvalue weighted by Gasteiger charge is -2.22. The van der Waals surface area contributed by atoms with E-state index in [9.17, 15) is 4.79 Å². The lowest BCUT2D eigenvalue weighted by Crippen LogP contribution is -2.39. The molecule has 0 aromatic heterocycles. The smallest absolute Gasteiger partial charge is 0.263 e. The number of carbonyl (C=O) groups excluding carboxylic acids is 1. The molecular weight excluding hydrogens is 320 g/mol. The van der Waals surface area contributed by atoms with Crippen LogP contribution in [0, 0.1) is 5.92 Å². The number of hydrogen-bond acceptors (Lipinski definition) is 3. The fourth-order valence-electron chi connectivity index (χ4n) is 2.51. The van der Waals surface area contributed by atoms with Crippen molar-refractivity contribution in [1.29, 1.82) is 0 Å². The molecule has 0 spiro atoms. The monoisotopic (exact) mass is 340 g/mol. The maximum atomic E-state index is 12.3. The third-order valence-electron chi connectivity index (χ3n) is 3.56. The molecule has 1 aliphatic heterocycles. The molecule has 110 valence electrons. The molecule has 5 heteroatoms. The van der Waals surface area contributed by atoms with Crippen LogP contribution in [0.5, 0.6) is 5.75 Å². The third kappa shape index (κ3) is 3.96. The molecule has 1 aromatic carbocycles. The van der Waals surface area contributed by atoms with Crippen LogP contribution in [-0.4, -0.2) is 43.6 Å². The molecule has 0 unspecified atom stereocenters. The Morgan fingerprint density at radius 2 is 2.20 bits per heavy atom. The van der Waals surface area contributed by atoms with Gasteiger partial charge in [0, 0.05) is 17.6 Å². The molecule has 1 amide bonds. The van der Waals surface area contributed by atoms with Crippen molar-refractivity contribution < 1.29 is 9.53 Å². The van der Waals surface area contributed by atoms with Crippen molar-refractivity contribution in [3.05, 3.63) is 28.7 Å². The first kappa shape index (κ1) is 15.3. The molecule has 1 heterocycles. The van der Waals surface area contributed by atoms with E-state index >= 15 is 0 Å². The van der Waals surface area contributed by atoms with Gasteiger partial charge in [-0.2, -0.15) is 0 Å². The number of nitrogens with one attached hydrogen (secondary N) is 1. The highest BCUT2D eigenvalue weighted by molar-refractivity contribution is 9.10. The minimum Gasteiger partial charge on any atom is -0.481 e. The molecule has 2 rings (SSSR count). The summed E-state index contributed by atoms with van der Waals surface area (Å²) in [6.45, 7) is 4.44. The van der Waals surface area contributed by atoms with Crippen LogP contribution in [0.2, 0.25) is 0 Å². The number of nitrogens with zero attached hydrogens (tertiary/aromatic N) is 1. The standard InChI is InChI=1S/C15H21BrN2O2/c1-11(20-14-5-3-13(16)4-6-14)15(19)18-8-7-12(10-18)9-17-2/h3-6,11-12,17H,7-10H2,1-2H3/t11-,12+/m0/s1. The quantitative estimate of drug-likeness (QED) is 0.894. The molecule has 1 N–H and O–H groups in total. The van der Waals surface area contributed by atoms with Gasteiger partial charge in [0.05, 0.1) is 0 Å². The zero-order chi connectivity index (χ0) is 14.5. The van der Waals surface area contributed by atoms with E-state index in [0.717, 1.165) is 36.3 Å². The Morgan fingerprint density at radius 3 is 2.85 bits per heavy atom. The first-order valence-corrected chi connectivity index (χ1v) is 7.75. The lowest BCUT2D eigenvalue weighted by atomic mass is 10.1. The molecule has 4 nitrogen and oxygen atoms in total. The average Bonchev–Trinajstić information content (AvgIpc) is 2.89. The van der Waals surface area contributed by atoms with Crippen LogP contribution in [0.25, 0.3) is 0 Å². The topological polar surface area (TPSA) is 41.6 Å². The Balaban J connectivity index is 1.87. The van der Waals surface area contributed by atoms with E-state index in [1.54, 1.807) is 0 Å². The lowest BCUT2D eigenvalue weighted by molar-refractivity contribution is -0.137. The van der Waals surface area contributed by atoms with Crippen molar-refractivity contribution in [1.82, 2.24) is 10.2 Å². The van der Waals surface area contributed by atoms with Gasteiger partial charge in [-0.3, -0.25) is 4.79 Å². The van der Waals surface area contributed by atoms with Gasteiger partial charge in [0.15, 0.2) is 6.10 Å². The van der Waals surface area contributed by atoms with Gasteiger partial charge in [-0.05, 0) is 57.1 Å². The molecule has 0 radical (unpaired) electrons. The second-order valence-corrected chi connectivity index (χ2v) is 6.13. The van der Waals surface area contributed by atoms with E-state index in [2.05, 4.69) is 21.2 Å². The summed E-state index contributed by atoms with van der Waals surface area (Å²) in [7, 11) is 1.95. The van der Waals surface area contributed by atoms with Crippen LogP contribution < -0.4 is 10.1 Å². The Hall–Kier alpha value is -1.07. The van der Waals surface area contributed by atoms with Crippen LogP contribution >= 0.6 is 15.9 Å². The van der Waals surface area contributed by atoms with Gasteiger partial charge in [0.25, 0.3) is 5.91 Å². The van der Waals surface area contributed by atoms with Crippen molar-refractivity contribution in [2.24, 2.45) is 5.92 Å². The predicted molar refractivity (Wildman–Crippen MR) is 82.8 cm³/mol. The van der Waals surface area contributed by atoms with Crippen LogP contribution in [-0.2, 0) is 4.79 Å². The number of halogens is 1. The second-order valence-electron chi connectivity index (χ2n) is 5.21. The molecule has 1 aliphatic rings. The van der Waals surface area contributed by atoms with Gasteiger partial charge in [-0.25, -0.2) is 0 Å². The Labute approximate surface area is 128 Å². The fourth-order valence-corrected chi connectivity index (χ4v) is 2.78. The fraction of sp³-hybridized carbons (Fsp3) is 0.533. The van der Waals surface area contributed by atoms with Crippen LogP contribution in [0.15, 0.2) is 28.7 Å². The van der Waals surface area contributed by atoms with E-state index in [1.807, 2.05) is 43.1 Å². The minimum atomic E-state index is -0.440. The van der Waals surface area contributed by atoms with Crippen molar-refractivity contribution in [3.8, 4) is 5.75 Å². The summed E-state index contributed by atoms with van der Waals surface area (Å²) >= 11 is 3.38. The molecule has 1 saturated heterocycles. The normalized spacial score (nSPS) is 19.9. The highest BCUT2D eigenvalue weighted by Gasteiger charge is 2.29. The average molecular weight is 341 g/mol. The molecule has 1 fully saturated rings. The largest absolute Gasteiger partial charge is 0.481 e. The zero-order valence-corrected chi connectivity index (χ0v) is 13.5. The predicted octanol–water partition coefficient (Wildman–Crippen LogP) is 2.28. The first-order chi connectivity index (χ1) is 9.60.